The van der Waals surface area contributed by atoms with Crippen molar-refractivity contribution < 1.29 is 19.1 Å². The van der Waals surface area contributed by atoms with Gasteiger partial charge in [-0.15, -0.1) is 6.58 Å². The van der Waals surface area contributed by atoms with Crippen LogP contribution in [0.4, 0.5) is 4.79 Å². The number of hydrogen-bond acceptors (Lipinski definition) is 4. The number of hydrogen-bond donors (Lipinski definition) is 2. The molecule has 2 aromatic rings. The Bertz CT molecular complexity index is 1110. The second-order valence-electron chi connectivity index (χ2n) is 10.3. The molecule has 204 valence electrons. The maximum Gasteiger partial charge on any atom is 0.408 e. The molecule has 2 N–H and O–H groups in total. The van der Waals surface area contributed by atoms with Crippen LogP contribution in [0.25, 0.3) is 6.08 Å². The first-order valence-electron chi connectivity index (χ1n) is 13.0. The molecule has 0 heterocycles. The summed E-state index contributed by atoms with van der Waals surface area (Å²) in [5.74, 6) is -0.950. The van der Waals surface area contributed by atoms with Crippen LogP contribution in [0.2, 0.25) is 0 Å². The number of carbonyl (C=O) groups is 3. The number of nitrogens with one attached hydrogen (secondary N) is 2. The van der Waals surface area contributed by atoms with E-state index in [-0.39, 0.29) is 18.4 Å². The molecule has 0 fully saturated rings. The molecule has 0 radical (unpaired) electrons. The molecule has 3 amide bonds. The van der Waals surface area contributed by atoms with Gasteiger partial charge < -0.3 is 20.3 Å². The van der Waals surface area contributed by atoms with Crippen molar-refractivity contribution in [3.8, 4) is 0 Å². The van der Waals surface area contributed by atoms with Crippen LogP contribution in [0.1, 0.15) is 63.8 Å². The molecule has 7 heteroatoms. The van der Waals surface area contributed by atoms with E-state index in [0.29, 0.717) is 18.5 Å². The normalized spacial score (nSPS) is 13.4. The van der Waals surface area contributed by atoms with E-state index in [0.717, 1.165) is 11.1 Å². The molecule has 0 aliphatic carbocycles. The second-order valence-corrected chi connectivity index (χ2v) is 10.3. The summed E-state index contributed by atoms with van der Waals surface area (Å²) in [4.78, 5) is 42.0. The van der Waals surface area contributed by atoms with Crippen LogP contribution in [0, 0.1) is 5.92 Å². The Morgan fingerprint density at radius 1 is 1.05 bits per heavy atom. The number of alkyl carbamates (subject to hydrolysis) is 1. The highest BCUT2D eigenvalue weighted by molar-refractivity contribution is 5.92. The predicted molar refractivity (Wildman–Crippen MR) is 152 cm³/mol. The molecule has 7 nitrogen and oxygen atoms in total. The van der Waals surface area contributed by atoms with Crippen LogP contribution in [0.3, 0.4) is 0 Å². The topological polar surface area (TPSA) is 87.7 Å². The summed E-state index contributed by atoms with van der Waals surface area (Å²) in [6, 6.07) is 15.0. The van der Waals surface area contributed by atoms with E-state index >= 15 is 0 Å². The van der Waals surface area contributed by atoms with Gasteiger partial charge >= 0.3 is 6.09 Å². The van der Waals surface area contributed by atoms with Gasteiger partial charge in [-0.1, -0.05) is 87.5 Å². The van der Waals surface area contributed by atoms with E-state index in [4.69, 9.17) is 4.74 Å². The van der Waals surface area contributed by atoms with Gasteiger partial charge in [-0.25, -0.2) is 4.79 Å². The van der Waals surface area contributed by atoms with Gasteiger partial charge in [0, 0.05) is 13.1 Å². The predicted octanol–water partition coefficient (Wildman–Crippen LogP) is 5.64. The largest absolute Gasteiger partial charge is 0.444 e. The standard InChI is InChI=1S/C31H41N3O4/c1-8-19-34(29(36)26(22(4)9-2)33-30(37)38-31(5,6)7)27(25-18-14-17-23(10-3)20-25)28(35)32-21-24-15-12-11-13-16-24/h8,10-18,20,22,26-27H,1,3,9,19,21H2,2,4-7H3,(H,32,35)(H,33,37). The molecule has 2 rings (SSSR count). The fourth-order valence-corrected chi connectivity index (χ4v) is 3.97. The van der Waals surface area contributed by atoms with Crippen molar-refractivity contribution in [2.24, 2.45) is 5.92 Å². The summed E-state index contributed by atoms with van der Waals surface area (Å²) in [5, 5.41) is 5.73. The first-order valence-corrected chi connectivity index (χ1v) is 13.0. The average Bonchev–Trinajstić information content (AvgIpc) is 2.89. The molecular weight excluding hydrogens is 478 g/mol. The van der Waals surface area contributed by atoms with Gasteiger partial charge in [-0.05, 0) is 49.4 Å². The van der Waals surface area contributed by atoms with Crippen molar-refractivity contribution in [1.29, 1.82) is 0 Å². The molecule has 3 atom stereocenters. The van der Waals surface area contributed by atoms with Gasteiger partial charge in [-0.3, -0.25) is 9.59 Å². The van der Waals surface area contributed by atoms with Crippen LogP contribution in [0.15, 0.2) is 73.8 Å². The third-order valence-corrected chi connectivity index (χ3v) is 6.09. The molecule has 0 saturated carbocycles. The van der Waals surface area contributed by atoms with Gasteiger partial charge in [0.1, 0.15) is 17.7 Å². The Balaban J connectivity index is 2.49. The Labute approximate surface area is 227 Å². The maximum absolute atomic E-state index is 14.1. The highest BCUT2D eigenvalue weighted by Gasteiger charge is 2.37. The summed E-state index contributed by atoms with van der Waals surface area (Å²) in [7, 11) is 0. The van der Waals surface area contributed by atoms with E-state index in [1.54, 1.807) is 32.9 Å². The molecular formula is C31H41N3O4. The molecule has 3 unspecified atom stereocenters. The van der Waals surface area contributed by atoms with Crippen molar-refractivity contribution in [3.05, 3.63) is 90.5 Å². The zero-order valence-electron chi connectivity index (χ0n) is 23.2. The fourth-order valence-electron chi connectivity index (χ4n) is 3.97. The molecule has 38 heavy (non-hydrogen) atoms. The Kier molecular flexibility index (Phi) is 11.3. The van der Waals surface area contributed by atoms with Gasteiger partial charge in [0.15, 0.2) is 0 Å². The van der Waals surface area contributed by atoms with Crippen molar-refractivity contribution in [3.63, 3.8) is 0 Å². The minimum absolute atomic E-state index is 0.101. The molecule has 0 saturated heterocycles. The van der Waals surface area contributed by atoms with Crippen molar-refractivity contribution in [2.45, 2.75) is 65.3 Å². The minimum Gasteiger partial charge on any atom is -0.444 e. The third-order valence-electron chi connectivity index (χ3n) is 6.09. The zero-order chi connectivity index (χ0) is 28.3. The van der Waals surface area contributed by atoms with Crippen LogP contribution < -0.4 is 10.6 Å². The SMILES string of the molecule is C=CCN(C(=O)C(NC(=O)OC(C)(C)C)C(C)CC)C(C(=O)NCc1ccccc1)c1cccc(C=C)c1. The van der Waals surface area contributed by atoms with E-state index in [1.165, 1.54) is 4.90 Å². The van der Waals surface area contributed by atoms with E-state index < -0.39 is 29.7 Å². The number of amides is 3. The lowest BCUT2D eigenvalue weighted by Crippen LogP contribution is -2.55. The second kappa shape index (κ2) is 14.2. The highest BCUT2D eigenvalue weighted by atomic mass is 16.6. The molecule has 0 aromatic heterocycles. The van der Waals surface area contributed by atoms with Crippen molar-refractivity contribution >= 4 is 24.0 Å². The minimum atomic E-state index is -0.962. The highest BCUT2D eigenvalue weighted by Crippen LogP contribution is 2.26. The summed E-state index contributed by atoms with van der Waals surface area (Å²) in [6.07, 6.45) is 3.21. The lowest BCUT2D eigenvalue weighted by atomic mass is 9.95. The number of benzene rings is 2. The number of rotatable bonds is 12. The van der Waals surface area contributed by atoms with Gasteiger partial charge in [0.2, 0.25) is 11.8 Å². The number of nitrogens with zero attached hydrogens (tertiary/aromatic N) is 1. The van der Waals surface area contributed by atoms with Gasteiger partial charge in [0.25, 0.3) is 0 Å². The zero-order valence-corrected chi connectivity index (χ0v) is 23.2. The fraction of sp³-hybridized carbons (Fsp3) is 0.387. The van der Waals surface area contributed by atoms with E-state index in [1.807, 2.05) is 68.4 Å². The monoisotopic (exact) mass is 519 g/mol. The Morgan fingerprint density at radius 2 is 1.74 bits per heavy atom. The maximum atomic E-state index is 14.1. The summed E-state index contributed by atoms with van der Waals surface area (Å²) >= 11 is 0. The van der Waals surface area contributed by atoms with Crippen LogP contribution in [-0.2, 0) is 20.9 Å². The molecule has 2 aromatic carbocycles. The smallest absolute Gasteiger partial charge is 0.408 e. The average molecular weight is 520 g/mol. The first-order chi connectivity index (χ1) is 18.0. The Hall–Kier alpha value is -3.87. The van der Waals surface area contributed by atoms with Crippen molar-refractivity contribution in [1.82, 2.24) is 15.5 Å². The molecule has 0 bridgehead atoms. The summed E-state index contributed by atoms with van der Waals surface area (Å²) in [5.41, 5.74) is 1.66. The van der Waals surface area contributed by atoms with Crippen LogP contribution in [0.5, 0.6) is 0 Å². The van der Waals surface area contributed by atoms with Gasteiger partial charge in [-0.2, -0.15) is 0 Å². The lowest BCUT2D eigenvalue weighted by molar-refractivity contribution is -0.142. The van der Waals surface area contributed by atoms with Crippen LogP contribution >= 0.6 is 0 Å². The molecule has 0 spiro atoms. The van der Waals surface area contributed by atoms with E-state index in [2.05, 4.69) is 23.8 Å². The third kappa shape index (κ3) is 8.91. The number of ether oxygens (including phenoxy) is 1. The molecule has 0 aliphatic heterocycles. The van der Waals surface area contributed by atoms with Crippen molar-refractivity contribution in [2.75, 3.05) is 6.54 Å². The lowest BCUT2D eigenvalue weighted by Gasteiger charge is -2.35. The first kappa shape index (κ1) is 30.4. The quantitative estimate of drug-likeness (QED) is 0.355. The summed E-state index contributed by atoms with van der Waals surface area (Å²) in [6.45, 7) is 17.2. The Morgan fingerprint density at radius 3 is 2.32 bits per heavy atom. The molecule has 0 aliphatic rings. The van der Waals surface area contributed by atoms with Crippen LogP contribution in [-0.4, -0.2) is 41.0 Å². The number of carbonyl (C=O) groups excluding carboxylic acids is 3. The van der Waals surface area contributed by atoms with E-state index in [9.17, 15) is 14.4 Å². The van der Waals surface area contributed by atoms with Gasteiger partial charge in [0.05, 0.1) is 0 Å². The summed E-state index contributed by atoms with van der Waals surface area (Å²) < 4.78 is 5.43.